The van der Waals surface area contributed by atoms with Crippen LogP contribution in [0.1, 0.15) is 45.4 Å². The van der Waals surface area contributed by atoms with E-state index in [9.17, 15) is 24.1 Å². The number of ether oxygens (including phenoxy) is 3. The van der Waals surface area contributed by atoms with Crippen LogP contribution in [0.5, 0.6) is 5.75 Å². The van der Waals surface area contributed by atoms with Crippen LogP contribution in [0.2, 0.25) is 0 Å². The highest BCUT2D eigenvalue weighted by Crippen LogP contribution is 2.47. The number of hydrogen-bond donors (Lipinski definition) is 3. The van der Waals surface area contributed by atoms with E-state index in [1.54, 1.807) is 38.1 Å². The zero-order chi connectivity index (χ0) is 29.2. The van der Waals surface area contributed by atoms with Crippen molar-refractivity contribution in [2.45, 2.75) is 69.9 Å². The largest absolute Gasteiger partial charge is 0.462 e. The van der Waals surface area contributed by atoms with E-state index in [4.69, 9.17) is 23.3 Å². The van der Waals surface area contributed by atoms with Crippen LogP contribution in [0.25, 0.3) is 0 Å². The zero-order valence-corrected chi connectivity index (χ0v) is 23.3. The van der Waals surface area contributed by atoms with Gasteiger partial charge in [-0.1, -0.05) is 12.1 Å². The van der Waals surface area contributed by atoms with Gasteiger partial charge in [0.1, 0.15) is 24.0 Å². The van der Waals surface area contributed by atoms with Gasteiger partial charge in [-0.2, -0.15) is 5.09 Å². The second-order valence-corrected chi connectivity index (χ2v) is 11.9. The van der Waals surface area contributed by atoms with Crippen LogP contribution in [-0.2, 0) is 28.1 Å². The molecule has 40 heavy (non-hydrogen) atoms. The Balaban J connectivity index is 1.52. The summed E-state index contributed by atoms with van der Waals surface area (Å²) in [5.74, 6) is -0.307. The lowest BCUT2D eigenvalue weighted by atomic mass is 9.98. The average Bonchev–Trinajstić information content (AvgIpc) is 3.06. The van der Waals surface area contributed by atoms with E-state index < -0.39 is 67.8 Å². The van der Waals surface area contributed by atoms with E-state index >= 15 is 4.39 Å². The van der Waals surface area contributed by atoms with Crippen molar-refractivity contribution in [2.75, 3.05) is 19.8 Å². The Hall–Kier alpha value is -2.87. The van der Waals surface area contributed by atoms with Gasteiger partial charge in [0.2, 0.25) is 0 Å². The summed E-state index contributed by atoms with van der Waals surface area (Å²) in [6.07, 6.45) is -4.25. The van der Waals surface area contributed by atoms with Gasteiger partial charge in [-0.3, -0.25) is 23.7 Å². The topological polar surface area (TPSA) is 167 Å². The van der Waals surface area contributed by atoms with Gasteiger partial charge >= 0.3 is 19.4 Å². The minimum atomic E-state index is -4.36. The van der Waals surface area contributed by atoms with E-state index in [2.05, 4.69) is 5.09 Å². The van der Waals surface area contributed by atoms with Crippen molar-refractivity contribution in [3.8, 4) is 5.75 Å². The molecule has 2 aliphatic rings. The van der Waals surface area contributed by atoms with Crippen molar-refractivity contribution in [3.05, 3.63) is 62.9 Å². The van der Waals surface area contributed by atoms with Crippen molar-refractivity contribution in [3.63, 3.8) is 0 Å². The normalized spacial score (nSPS) is 27.1. The molecule has 3 N–H and O–H groups in total. The number of aromatic nitrogens is 2. The fourth-order valence-electron chi connectivity index (χ4n) is 4.22. The SMILES string of the molecule is CC(C)OC(=O)[C@H](C)NP(=O)(OC[C@H]1O[C@@H](n2ccc(=O)[nH]c2=O)[C@](C)(F)[C@@H]1O)Oc1ccc(C2COC2)cc1. The number of aromatic amines is 1. The van der Waals surface area contributed by atoms with E-state index in [1.807, 2.05) is 4.98 Å². The van der Waals surface area contributed by atoms with Crippen molar-refractivity contribution in [2.24, 2.45) is 0 Å². The molecule has 15 heteroatoms. The smallest absolute Gasteiger partial charge is 0.459 e. The molecule has 6 atom stereocenters. The van der Waals surface area contributed by atoms with Crippen LogP contribution in [0.3, 0.4) is 0 Å². The standard InChI is InChI=1S/C25H33FN3O10P/c1-14(2)37-22(32)15(3)28-40(34,39-18-7-5-16(6-8-18)17-11-35-12-17)36-13-19-21(31)25(4,26)23(38-19)29-10-9-20(30)27-24(29)33/h5-10,14-15,17,19,21,23,31H,11-13H2,1-4H3,(H,28,34)(H,27,30,33)/t15-,19+,21+,23+,25+,40?/m0/s1. The molecule has 0 amide bonds. The molecule has 0 aliphatic carbocycles. The van der Waals surface area contributed by atoms with E-state index in [1.165, 1.54) is 6.92 Å². The maximum Gasteiger partial charge on any atom is 0.459 e. The highest BCUT2D eigenvalue weighted by molar-refractivity contribution is 7.52. The highest BCUT2D eigenvalue weighted by Gasteiger charge is 2.56. The zero-order valence-electron chi connectivity index (χ0n) is 22.4. The molecule has 0 bridgehead atoms. The summed E-state index contributed by atoms with van der Waals surface area (Å²) < 4.78 is 57.3. The Bertz CT molecular complexity index is 1360. The van der Waals surface area contributed by atoms with E-state index in [0.717, 1.165) is 29.3 Å². The molecule has 0 radical (unpaired) electrons. The minimum Gasteiger partial charge on any atom is -0.462 e. The minimum absolute atomic E-state index is 0.158. The quantitative estimate of drug-likeness (QED) is 0.260. The predicted molar refractivity (Wildman–Crippen MR) is 139 cm³/mol. The fraction of sp³-hybridized carbons (Fsp3) is 0.560. The number of halogens is 1. The van der Waals surface area contributed by atoms with Crippen molar-refractivity contribution in [1.82, 2.24) is 14.6 Å². The van der Waals surface area contributed by atoms with Crippen LogP contribution in [0.15, 0.2) is 46.1 Å². The third-order valence-electron chi connectivity index (χ3n) is 6.50. The molecule has 220 valence electrons. The summed E-state index contributed by atoms with van der Waals surface area (Å²) >= 11 is 0. The van der Waals surface area contributed by atoms with Crippen molar-refractivity contribution in [1.29, 1.82) is 0 Å². The van der Waals surface area contributed by atoms with Crippen LogP contribution >= 0.6 is 7.75 Å². The summed E-state index contributed by atoms with van der Waals surface area (Å²) in [5, 5.41) is 13.2. The van der Waals surface area contributed by atoms with E-state index in [0.29, 0.717) is 13.2 Å². The molecular weight excluding hydrogens is 552 g/mol. The number of nitrogens with one attached hydrogen (secondary N) is 2. The molecule has 1 aromatic carbocycles. The second-order valence-electron chi connectivity index (χ2n) is 10.2. The lowest BCUT2D eigenvalue weighted by Crippen LogP contribution is -2.43. The van der Waals surface area contributed by atoms with Crippen LogP contribution in [0.4, 0.5) is 4.39 Å². The van der Waals surface area contributed by atoms with E-state index in [-0.39, 0.29) is 11.7 Å². The summed E-state index contributed by atoms with van der Waals surface area (Å²) in [6, 6.07) is 6.61. The molecule has 1 unspecified atom stereocenters. The van der Waals surface area contributed by atoms with Gasteiger partial charge in [0.15, 0.2) is 11.9 Å². The van der Waals surface area contributed by atoms with Crippen molar-refractivity contribution < 1.29 is 42.1 Å². The molecule has 1 aromatic heterocycles. The number of H-pyrrole nitrogens is 1. The Morgan fingerprint density at radius 1 is 1.25 bits per heavy atom. The van der Waals surface area contributed by atoms with Crippen LogP contribution in [-0.4, -0.2) is 70.5 Å². The molecule has 2 aromatic rings. The first-order valence-corrected chi connectivity index (χ1v) is 14.3. The molecular formula is C25H33FN3O10P. The third-order valence-corrected chi connectivity index (χ3v) is 8.15. The van der Waals surface area contributed by atoms with Gasteiger partial charge in [0.05, 0.1) is 25.9 Å². The first-order valence-electron chi connectivity index (χ1n) is 12.7. The molecule has 13 nitrogen and oxygen atoms in total. The lowest BCUT2D eigenvalue weighted by molar-refractivity contribution is -0.149. The molecule has 0 spiro atoms. The number of alkyl halides is 1. The number of esters is 1. The number of hydrogen-bond acceptors (Lipinski definition) is 10. The summed E-state index contributed by atoms with van der Waals surface area (Å²) in [5.41, 5.74) is -3.13. The highest BCUT2D eigenvalue weighted by atomic mass is 31.2. The number of benzene rings is 1. The molecule has 2 fully saturated rings. The maximum absolute atomic E-state index is 15.6. The van der Waals surface area contributed by atoms with Crippen molar-refractivity contribution >= 4 is 13.7 Å². The summed E-state index contributed by atoms with van der Waals surface area (Å²) in [6.45, 7) is 6.29. The first-order chi connectivity index (χ1) is 18.8. The molecule has 0 saturated carbocycles. The second kappa shape index (κ2) is 11.9. The first kappa shape index (κ1) is 30.1. The predicted octanol–water partition coefficient (Wildman–Crippen LogP) is 1.77. The monoisotopic (exact) mass is 585 g/mol. The van der Waals surface area contributed by atoms with Gasteiger partial charge in [-0.15, -0.1) is 0 Å². The Morgan fingerprint density at radius 3 is 2.50 bits per heavy atom. The summed E-state index contributed by atoms with van der Waals surface area (Å²) in [7, 11) is -4.36. The maximum atomic E-state index is 15.6. The molecule has 2 saturated heterocycles. The Kier molecular flexibility index (Phi) is 8.98. The molecule has 2 aliphatic heterocycles. The number of carbonyl (C=O) groups excluding carboxylic acids is 1. The number of aliphatic hydroxyl groups excluding tert-OH is 1. The number of nitrogens with zero attached hydrogens (tertiary/aromatic N) is 1. The number of aliphatic hydroxyl groups is 1. The molecule has 3 heterocycles. The average molecular weight is 586 g/mol. The van der Waals surface area contributed by atoms with Gasteiger partial charge < -0.3 is 23.8 Å². The van der Waals surface area contributed by atoms with Gasteiger partial charge in [0, 0.05) is 18.2 Å². The Morgan fingerprint density at radius 2 is 1.93 bits per heavy atom. The van der Waals surface area contributed by atoms with Crippen LogP contribution in [0, 0.1) is 0 Å². The molecule has 4 rings (SSSR count). The lowest BCUT2D eigenvalue weighted by Gasteiger charge is -2.27. The van der Waals surface area contributed by atoms with Gasteiger partial charge in [-0.05, 0) is 45.4 Å². The third kappa shape index (κ3) is 6.70. The van der Waals surface area contributed by atoms with Gasteiger partial charge in [-0.25, -0.2) is 13.8 Å². The Labute approximate surface area is 229 Å². The summed E-state index contributed by atoms with van der Waals surface area (Å²) in [4.78, 5) is 38.0. The number of carbonyl (C=O) groups is 1. The number of rotatable bonds is 11. The van der Waals surface area contributed by atoms with Gasteiger partial charge in [0.25, 0.3) is 5.56 Å². The fourth-order valence-corrected chi connectivity index (χ4v) is 5.72. The van der Waals surface area contributed by atoms with Crippen LogP contribution < -0.4 is 20.9 Å².